The van der Waals surface area contributed by atoms with Gasteiger partial charge in [-0.2, -0.15) is 0 Å². The van der Waals surface area contributed by atoms with Crippen molar-refractivity contribution in [3.8, 4) is 11.5 Å². The van der Waals surface area contributed by atoms with Gasteiger partial charge in [0.25, 0.3) is 0 Å². The molecule has 0 unspecified atom stereocenters. The third-order valence-corrected chi connectivity index (χ3v) is 5.08. The van der Waals surface area contributed by atoms with E-state index in [1.54, 1.807) is 12.5 Å². The summed E-state index contributed by atoms with van der Waals surface area (Å²) >= 11 is 0. The molecule has 1 aliphatic rings. The first-order chi connectivity index (χ1) is 14.1. The molecule has 0 spiro atoms. The Balaban J connectivity index is 0.000000171. The van der Waals surface area contributed by atoms with Crippen molar-refractivity contribution in [2.24, 2.45) is 4.99 Å². The molecule has 3 heteroatoms. The van der Waals surface area contributed by atoms with Crippen molar-refractivity contribution in [1.29, 1.82) is 0 Å². The van der Waals surface area contributed by atoms with Crippen LogP contribution >= 0.6 is 0 Å². The lowest BCUT2D eigenvalue weighted by Crippen LogP contribution is -2.10. The first-order valence-corrected chi connectivity index (χ1v) is 10.5. The standard InChI is InChI=1S/C14H17N.C13H15NO/c1-14(2,3)12-7-4-6-11(10-12)13-8-5-9-15-13;1-13(2,3)11-6-4-5-10(9-11)12-14-7-8-15-12/h4,6-10H,5H2,1-3H3;4-9H,1-3H3. The fourth-order valence-electron chi connectivity index (χ4n) is 3.19. The van der Waals surface area contributed by atoms with Crippen molar-refractivity contribution < 1.29 is 4.42 Å². The van der Waals surface area contributed by atoms with E-state index in [2.05, 4.69) is 94.0 Å². The molecule has 156 valence electrons. The third kappa shape index (κ3) is 5.56. The Morgan fingerprint density at radius 3 is 1.90 bits per heavy atom. The molecule has 0 N–H and O–H groups in total. The minimum absolute atomic E-state index is 0.155. The van der Waals surface area contributed by atoms with Gasteiger partial charge in [-0.15, -0.1) is 0 Å². The molecule has 1 aromatic heterocycles. The monoisotopic (exact) mass is 400 g/mol. The van der Waals surface area contributed by atoms with Gasteiger partial charge in [-0.3, -0.25) is 4.99 Å². The van der Waals surface area contributed by atoms with Gasteiger partial charge < -0.3 is 4.42 Å². The predicted molar refractivity (Wildman–Crippen MR) is 127 cm³/mol. The predicted octanol–water partition coefficient (Wildman–Crippen LogP) is 7.44. The fourth-order valence-corrected chi connectivity index (χ4v) is 3.19. The van der Waals surface area contributed by atoms with Gasteiger partial charge in [-0.25, -0.2) is 4.98 Å². The molecule has 0 saturated heterocycles. The number of hydrogen-bond acceptors (Lipinski definition) is 3. The van der Waals surface area contributed by atoms with Gasteiger partial charge in [0.1, 0.15) is 6.26 Å². The molecular weight excluding hydrogens is 368 g/mol. The van der Waals surface area contributed by atoms with E-state index in [-0.39, 0.29) is 10.8 Å². The van der Waals surface area contributed by atoms with Crippen LogP contribution in [-0.2, 0) is 10.8 Å². The first kappa shape index (κ1) is 21.8. The summed E-state index contributed by atoms with van der Waals surface area (Å²) in [6.45, 7) is 13.3. The van der Waals surface area contributed by atoms with Crippen LogP contribution in [0.15, 0.2) is 76.5 Å². The fraction of sp³-hybridized carbons (Fsp3) is 0.333. The number of nitrogens with zero attached hydrogens (tertiary/aromatic N) is 2. The molecule has 2 aromatic carbocycles. The van der Waals surface area contributed by atoms with Crippen LogP contribution in [0.3, 0.4) is 0 Å². The number of aliphatic imine (C=N–C) groups is 1. The molecule has 3 nitrogen and oxygen atoms in total. The molecule has 0 aliphatic carbocycles. The van der Waals surface area contributed by atoms with Gasteiger partial charge in [-0.1, -0.05) is 78.0 Å². The molecule has 4 rings (SSSR count). The summed E-state index contributed by atoms with van der Waals surface area (Å²) in [5, 5.41) is 0. The average molecular weight is 401 g/mol. The number of oxazole rings is 1. The number of aromatic nitrogens is 1. The molecular formula is C27H32N2O. The smallest absolute Gasteiger partial charge is 0.225 e. The number of hydrogen-bond donors (Lipinski definition) is 0. The van der Waals surface area contributed by atoms with E-state index >= 15 is 0 Å². The Bertz CT molecular complexity index is 1030. The lowest BCUT2D eigenvalue weighted by molar-refractivity contribution is 0.572. The van der Waals surface area contributed by atoms with Crippen molar-refractivity contribution in [1.82, 2.24) is 4.98 Å². The summed E-state index contributed by atoms with van der Waals surface area (Å²) in [6, 6.07) is 17.0. The highest BCUT2D eigenvalue weighted by Gasteiger charge is 2.15. The van der Waals surface area contributed by atoms with Gasteiger partial charge in [0.05, 0.1) is 11.9 Å². The quantitative estimate of drug-likeness (QED) is 0.448. The van der Waals surface area contributed by atoms with Crippen molar-refractivity contribution in [3.63, 3.8) is 0 Å². The highest BCUT2D eigenvalue weighted by atomic mass is 16.3. The van der Waals surface area contributed by atoms with Gasteiger partial charge in [-0.05, 0) is 40.2 Å². The molecule has 2 heterocycles. The summed E-state index contributed by atoms with van der Waals surface area (Å²) in [7, 11) is 0. The number of allylic oxidation sites excluding steroid dienone is 1. The van der Waals surface area contributed by atoms with Crippen molar-refractivity contribution >= 4 is 11.9 Å². The van der Waals surface area contributed by atoms with E-state index < -0.39 is 0 Å². The highest BCUT2D eigenvalue weighted by Crippen LogP contribution is 2.28. The van der Waals surface area contributed by atoms with Crippen LogP contribution in [0.4, 0.5) is 0 Å². The maximum Gasteiger partial charge on any atom is 0.225 e. The van der Waals surface area contributed by atoms with Gasteiger partial charge in [0.2, 0.25) is 5.89 Å². The summed E-state index contributed by atoms with van der Waals surface area (Å²) in [4.78, 5) is 8.51. The molecule has 0 atom stereocenters. The van der Waals surface area contributed by atoms with Gasteiger partial charge >= 0.3 is 0 Å². The number of rotatable bonds is 2. The van der Waals surface area contributed by atoms with Crippen LogP contribution in [0.2, 0.25) is 0 Å². The maximum atomic E-state index is 5.28. The molecule has 3 aromatic rings. The zero-order valence-electron chi connectivity index (χ0n) is 18.9. The highest BCUT2D eigenvalue weighted by molar-refractivity contribution is 5.81. The second-order valence-electron chi connectivity index (χ2n) is 9.64. The van der Waals surface area contributed by atoms with E-state index in [0.29, 0.717) is 5.89 Å². The summed E-state index contributed by atoms with van der Waals surface area (Å²) < 4.78 is 5.28. The largest absolute Gasteiger partial charge is 0.445 e. The summed E-state index contributed by atoms with van der Waals surface area (Å²) in [5.74, 6) is 0.682. The maximum absolute atomic E-state index is 5.28. The topological polar surface area (TPSA) is 38.4 Å². The van der Waals surface area contributed by atoms with Crippen molar-refractivity contribution in [2.75, 3.05) is 0 Å². The Kier molecular flexibility index (Phi) is 6.40. The normalized spacial score (nSPS) is 13.6. The zero-order chi connectivity index (χ0) is 21.8. The molecule has 0 saturated carbocycles. The molecule has 0 amide bonds. The van der Waals surface area contributed by atoms with E-state index in [9.17, 15) is 0 Å². The van der Waals surface area contributed by atoms with Crippen LogP contribution in [0.5, 0.6) is 0 Å². The zero-order valence-corrected chi connectivity index (χ0v) is 18.9. The van der Waals surface area contributed by atoms with Crippen LogP contribution in [0, 0.1) is 0 Å². The number of benzene rings is 2. The van der Waals surface area contributed by atoms with Gasteiger partial charge in [0, 0.05) is 23.8 Å². The lowest BCUT2D eigenvalue weighted by atomic mass is 9.86. The SMILES string of the molecule is CC(C)(C)c1cccc(-c2ncco2)c1.CC(C)(C)c1cccc(C2=CCC=N2)c1. The van der Waals surface area contributed by atoms with E-state index in [1.807, 2.05) is 18.3 Å². The Morgan fingerprint density at radius 2 is 1.40 bits per heavy atom. The summed E-state index contributed by atoms with van der Waals surface area (Å²) in [6.07, 6.45) is 8.36. The van der Waals surface area contributed by atoms with Crippen LogP contribution < -0.4 is 0 Å². The lowest BCUT2D eigenvalue weighted by Gasteiger charge is -2.19. The minimum Gasteiger partial charge on any atom is -0.445 e. The van der Waals surface area contributed by atoms with Crippen molar-refractivity contribution in [3.05, 3.63) is 83.8 Å². The Labute approximate surface area is 180 Å². The molecule has 1 aliphatic heterocycles. The van der Waals surface area contributed by atoms with Crippen LogP contribution in [-0.4, -0.2) is 11.2 Å². The molecule has 0 bridgehead atoms. The molecule has 0 radical (unpaired) electrons. The van der Waals surface area contributed by atoms with E-state index in [1.165, 1.54) is 16.7 Å². The minimum atomic E-state index is 0.155. The molecule has 30 heavy (non-hydrogen) atoms. The first-order valence-electron chi connectivity index (χ1n) is 10.5. The van der Waals surface area contributed by atoms with E-state index in [0.717, 1.165) is 17.7 Å². The average Bonchev–Trinajstić information content (AvgIpc) is 3.42. The van der Waals surface area contributed by atoms with Crippen molar-refractivity contribution in [2.45, 2.75) is 58.8 Å². The Hall–Kier alpha value is -2.94. The van der Waals surface area contributed by atoms with Crippen LogP contribution in [0.25, 0.3) is 17.2 Å². The molecule has 0 fully saturated rings. The Morgan fingerprint density at radius 1 is 0.800 bits per heavy atom. The second-order valence-corrected chi connectivity index (χ2v) is 9.64. The second kappa shape index (κ2) is 8.83. The van der Waals surface area contributed by atoms with Gasteiger partial charge in [0.15, 0.2) is 0 Å². The van der Waals surface area contributed by atoms with Crippen LogP contribution in [0.1, 0.15) is 64.7 Å². The third-order valence-electron chi connectivity index (χ3n) is 5.08. The summed E-state index contributed by atoms with van der Waals surface area (Å²) in [5.41, 5.74) is 6.40. The van der Waals surface area contributed by atoms with E-state index in [4.69, 9.17) is 4.42 Å².